The van der Waals surface area contributed by atoms with Crippen LogP contribution in [-0.4, -0.2) is 24.4 Å². The molecular formula is C11H22N2O2. The zero-order valence-corrected chi connectivity index (χ0v) is 10.1. The fourth-order valence-corrected chi connectivity index (χ4v) is 1.05. The zero-order valence-electron chi connectivity index (χ0n) is 10.1. The summed E-state index contributed by atoms with van der Waals surface area (Å²) in [5, 5.41) is 5.38. The molecule has 0 heterocycles. The van der Waals surface area contributed by atoms with E-state index in [0.717, 1.165) is 6.42 Å². The Balaban J connectivity index is 3.66. The average molecular weight is 214 g/mol. The van der Waals surface area contributed by atoms with Crippen molar-refractivity contribution in [1.82, 2.24) is 10.6 Å². The van der Waals surface area contributed by atoms with Crippen molar-refractivity contribution in [2.75, 3.05) is 6.54 Å². The van der Waals surface area contributed by atoms with Crippen LogP contribution in [0.1, 0.15) is 40.5 Å². The van der Waals surface area contributed by atoms with Crippen molar-refractivity contribution in [3.05, 3.63) is 0 Å². The fourth-order valence-electron chi connectivity index (χ4n) is 1.05. The maximum atomic E-state index is 11.3. The van der Waals surface area contributed by atoms with Crippen LogP contribution < -0.4 is 10.6 Å². The summed E-state index contributed by atoms with van der Waals surface area (Å²) in [5.41, 5.74) is 0. The predicted molar refractivity (Wildman–Crippen MR) is 60.4 cm³/mol. The summed E-state index contributed by atoms with van der Waals surface area (Å²) >= 11 is 0. The van der Waals surface area contributed by atoms with E-state index in [4.69, 9.17) is 0 Å². The van der Waals surface area contributed by atoms with Gasteiger partial charge in [0.15, 0.2) is 0 Å². The van der Waals surface area contributed by atoms with Crippen LogP contribution >= 0.6 is 0 Å². The number of carbonyl (C=O) groups excluding carboxylic acids is 2. The highest BCUT2D eigenvalue weighted by Crippen LogP contribution is 1.97. The largest absolute Gasteiger partial charge is 0.352 e. The van der Waals surface area contributed by atoms with E-state index in [-0.39, 0.29) is 24.4 Å². The first-order valence-electron chi connectivity index (χ1n) is 5.51. The van der Waals surface area contributed by atoms with Crippen LogP contribution in [0.4, 0.5) is 0 Å². The van der Waals surface area contributed by atoms with E-state index in [2.05, 4.69) is 10.6 Å². The van der Waals surface area contributed by atoms with E-state index >= 15 is 0 Å². The van der Waals surface area contributed by atoms with E-state index in [1.807, 2.05) is 27.7 Å². The summed E-state index contributed by atoms with van der Waals surface area (Å²) in [6.07, 6.45) is 1.36. The number of hydrogen-bond acceptors (Lipinski definition) is 2. The van der Waals surface area contributed by atoms with Gasteiger partial charge in [0.05, 0.1) is 6.54 Å². The van der Waals surface area contributed by atoms with Crippen molar-refractivity contribution >= 4 is 11.8 Å². The molecule has 0 aromatic carbocycles. The monoisotopic (exact) mass is 214 g/mol. The number of hydrogen-bond donors (Lipinski definition) is 2. The summed E-state index contributed by atoms with van der Waals surface area (Å²) in [5.74, 6) is 0.133. The van der Waals surface area contributed by atoms with Gasteiger partial charge in [0.1, 0.15) is 0 Å². The molecular weight excluding hydrogens is 192 g/mol. The van der Waals surface area contributed by atoms with Gasteiger partial charge in [0.25, 0.3) is 0 Å². The minimum Gasteiger partial charge on any atom is -0.352 e. The van der Waals surface area contributed by atoms with Gasteiger partial charge in [-0.1, -0.05) is 20.8 Å². The van der Waals surface area contributed by atoms with E-state index in [1.165, 1.54) is 0 Å². The molecule has 0 aliphatic carbocycles. The Morgan fingerprint density at radius 3 is 2.20 bits per heavy atom. The smallest absolute Gasteiger partial charge is 0.239 e. The standard InChI is InChI=1S/C11H22N2O2/c1-5-9(4)13-11(15)7-12-10(14)6-8(2)3/h8-9H,5-7H2,1-4H3,(H,12,14)(H,13,15). The quantitative estimate of drug-likeness (QED) is 0.694. The first-order valence-corrected chi connectivity index (χ1v) is 5.51. The van der Waals surface area contributed by atoms with Gasteiger partial charge in [0, 0.05) is 12.5 Å². The lowest BCUT2D eigenvalue weighted by molar-refractivity contribution is -0.126. The van der Waals surface area contributed by atoms with Gasteiger partial charge in [-0.2, -0.15) is 0 Å². The van der Waals surface area contributed by atoms with Crippen LogP contribution in [0, 0.1) is 5.92 Å². The number of amides is 2. The molecule has 15 heavy (non-hydrogen) atoms. The topological polar surface area (TPSA) is 58.2 Å². The van der Waals surface area contributed by atoms with E-state index in [1.54, 1.807) is 0 Å². The SMILES string of the molecule is CCC(C)NC(=O)CNC(=O)CC(C)C. The lowest BCUT2D eigenvalue weighted by Crippen LogP contribution is -2.40. The summed E-state index contributed by atoms with van der Waals surface area (Å²) in [6, 6.07) is 0.166. The molecule has 0 rings (SSSR count). The highest BCUT2D eigenvalue weighted by Gasteiger charge is 2.08. The Hall–Kier alpha value is -1.06. The van der Waals surface area contributed by atoms with Crippen LogP contribution in [0.15, 0.2) is 0 Å². The summed E-state index contributed by atoms with van der Waals surface area (Å²) in [4.78, 5) is 22.5. The average Bonchev–Trinajstić information content (AvgIpc) is 2.13. The van der Waals surface area contributed by atoms with Crippen molar-refractivity contribution in [1.29, 1.82) is 0 Å². The van der Waals surface area contributed by atoms with Crippen molar-refractivity contribution in [3.8, 4) is 0 Å². The molecule has 0 saturated heterocycles. The number of rotatable bonds is 6. The van der Waals surface area contributed by atoms with Crippen LogP contribution in [0.5, 0.6) is 0 Å². The molecule has 0 bridgehead atoms. The molecule has 1 unspecified atom stereocenters. The molecule has 2 amide bonds. The molecule has 1 atom stereocenters. The highest BCUT2D eigenvalue weighted by molar-refractivity contribution is 5.84. The van der Waals surface area contributed by atoms with Crippen LogP contribution in [0.25, 0.3) is 0 Å². The molecule has 0 fully saturated rings. The molecule has 4 heteroatoms. The van der Waals surface area contributed by atoms with Crippen molar-refractivity contribution in [3.63, 3.8) is 0 Å². The first kappa shape index (κ1) is 13.9. The molecule has 0 aromatic rings. The fraction of sp³-hybridized carbons (Fsp3) is 0.818. The van der Waals surface area contributed by atoms with Gasteiger partial charge < -0.3 is 10.6 Å². The third-order valence-corrected chi connectivity index (χ3v) is 2.06. The second-order valence-corrected chi connectivity index (χ2v) is 4.25. The Morgan fingerprint density at radius 1 is 1.13 bits per heavy atom. The second kappa shape index (κ2) is 7.26. The van der Waals surface area contributed by atoms with Crippen LogP contribution in [-0.2, 0) is 9.59 Å². The van der Waals surface area contributed by atoms with Crippen molar-refractivity contribution in [2.45, 2.75) is 46.6 Å². The molecule has 88 valence electrons. The zero-order chi connectivity index (χ0) is 11.8. The predicted octanol–water partition coefficient (Wildman–Crippen LogP) is 1.06. The van der Waals surface area contributed by atoms with E-state index < -0.39 is 0 Å². The summed E-state index contributed by atoms with van der Waals surface area (Å²) < 4.78 is 0. The van der Waals surface area contributed by atoms with Gasteiger partial charge in [-0.3, -0.25) is 9.59 Å². The lowest BCUT2D eigenvalue weighted by atomic mass is 10.1. The molecule has 4 nitrogen and oxygen atoms in total. The number of nitrogens with one attached hydrogen (secondary N) is 2. The maximum absolute atomic E-state index is 11.3. The minimum absolute atomic E-state index is 0.0655. The summed E-state index contributed by atoms with van der Waals surface area (Å²) in [6.45, 7) is 7.96. The Kier molecular flexibility index (Phi) is 6.75. The van der Waals surface area contributed by atoms with Gasteiger partial charge >= 0.3 is 0 Å². The molecule has 2 N–H and O–H groups in total. The van der Waals surface area contributed by atoms with Gasteiger partial charge in [-0.15, -0.1) is 0 Å². The van der Waals surface area contributed by atoms with E-state index in [0.29, 0.717) is 12.3 Å². The maximum Gasteiger partial charge on any atom is 0.239 e. The lowest BCUT2D eigenvalue weighted by Gasteiger charge is -2.12. The molecule has 0 radical (unpaired) electrons. The van der Waals surface area contributed by atoms with Crippen LogP contribution in [0.3, 0.4) is 0 Å². The normalized spacial score (nSPS) is 12.3. The van der Waals surface area contributed by atoms with Crippen molar-refractivity contribution < 1.29 is 9.59 Å². The second-order valence-electron chi connectivity index (χ2n) is 4.25. The van der Waals surface area contributed by atoms with Gasteiger partial charge in [0.2, 0.25) is 11.8 Å². The summed E-state index contributed by atoms with van der Waals surface area (Å²) in [7, 11) is 0. The minimum atomic E-state index is -0.124. The molecule has 0 aliphatic heterocycles. The van der Waals surface area contributed by atoms with Crippen molar-refractivity contribution in [2.24, 2.45) is 5.92 Å². The van der Waals surface area contributed by atoms with Crippen LogP contribution in [0.2, 0.25) is 0 Å². The van der Waals surface area contributed by atoms with Gasteiger partial charge in [-0.05, 0) is 19.3 Å². The van der Waals surface area contributed by atoms with E-state index in [9.17, 15) is 9.59 Å². The van der Waals surface area contributed by atoms with Gasteiger partial charge in [-0.25, -0.2) is 0 Å². The number of carbonyl (C=O) groups is 2. The first-order chi connectivity index (χ1) is 6.95. The Morgan fingerprint density at radius 2 is 1.73 bits per heavy atom. The Bertz CT molecular complexity index is 215. The third kappa shape index (κ3) is 7.97. The molecule has 0 aromatic heterocycles. The highest BCUT2D eigenvalue weighted by atomic mass is 16.2. The third-order valence-electron chi connectivity index (χ3n) is 2.06. The molecule has 0 saturated carbocycles. The molecule has 0 aliphatic rings. The molecule has 0 spiro atoms. The Labute approximate surface area is 91.8 Å².